The van der Waals surface area contributed by atoms with Crippen molar-refractivity contribution < 1.29 is 4.39 Å². The van der Waals surface area contributed by atoms with E-state index in [-0.39, 0.29) is 5.82 Å². The summed E-state index contributed by atoms with van der Waals surface area (Å²) in [4.78, 5) is 0. The largest absolute Gasteiger partial charge is 0.207 e. The van der Waals surface area contributed by atoms with E-state index >= 15 is 0 Å². The van der Waals surface area contributed by atoms with Gasteiger partial charge < -0.3 is 0 Å². The Morgan fingerprint density at radius 3 is 2.29 bits per heavy atom. The Morgan fingerprint density at radius 2 is 1.59 bits per heavy atom. The van der Waals surface area contributed by atoms with E-state index in [4.69, 9.17) is 0 Å². The van der Waals surface area contributed by atoms with E-state index < -0.39 is 0 Å². The van der Waals surface area contributed by atoms with E-state index in [1.807, 2.05) is 18.2 Å². The summed E-state index contributed by atoms with van der Waals surface area (Å²) in [6.07, 6.45) is 4.28. The molecule has 0 spiro atoms. The molecule has 0 atom stereocenters. The second-order valence-electron chi connectivity index (χ2n) is 4.25. The lowest BCUT2D eigenvalue weighted by molar-refractivity contribution is 0.623. The van der Waals surface area contributed by atoms with Gasteiger partial charge >= 0.3 is 0 Å². The van der Waals surface area contributed by atoms with Crippen LogP contribution in [0, 0.1) is 11.9 Å². The third kappa shape index (κ3) is 4.03. The van der Waals surface area contributed by atoms with E-state index in [1.54, 1.807) is 12.1 Å². The average molecular weight is 227 g/mol. The summed E-state index contributed by atoms with van der Waals surface area (Å²) in [6, 6.07) is 18.0. The van der Waals surface area contributed by atoms with E-state index in [0.29, 0.717) is 0 Å². The first-order valence-corrected chi connectivity index (χ1v) is 6.04. The van der Waals surface area contributed by atoms with Crippen LogP contribution in [0.4, 0.5) is 4.39 Å². The monoisotopic (exact) mass is 227 g/mol. The second-order valence-corrected chi connectivity index (χ2v) is 4.25. The first-order valence-electron chi connectivity index (χ1n) is 6.04. The lowest BCUT2D eigenvalue weighted by atomic mass is 10.0. The van der Waals surface area contributed by atoms with E-state index in [1.165, 1.54) is 11.6 Å². The van der Waals surface area contributed by atoms with Crippen molar-refractivity contribution in [2.45, 2.75) is 25.7 Å². The third-order valence-electron chi connectivity index (χ3n) is 2.86. The standard InChI is InChI=1S/C16H16F/c17-16-12-6-11-15(13-16)10-5-4-9-14-7-2-1-3-8-14/h2-3,6-8,11-13H,4-5,9-10H2. The summed E-state index contributed by atoms with van der Waals surface area (Å²) >= 11 is 0. The van der Waals surface area contributed by atoms with Crippen molar-refractivity contribution in [1.29, 1.82) is 0 Å². The molecule has 1 heteroatoms. The van der Waals surface area contributed by atoms with Crippen LogP contribution in [0.2, 0.25) is 0 Å². The first-order chi connectivity index (χ1) is 8.34. The zero-order valence-corrected chi connectivity index (χ0v) is 9.83. The summed E-state index contributed by atoms with van der Waals surface area (Å²) < 4.78 is 12.9. The number of halogens is 1. The van der Waals surface area contributed by atoms with Gasteiger partial charge in [0.1, 0.15) is 5.82 Å². The van der Waals surface area contributed by atoms with Crippen molar-refractivity contribution in [2.75, 3.05) is 0 Å². The van der Waals surface area contributed by atoms with Crippen molar-refractivity contribution in [3.63, 3.8) is 0 Å². The first kappa shape index (κ1) is 11.8. The molecule has 0 N–H and O–H groups in total. The number of benzene rings is 2. The molecule has 0 aliphatic heterocycles. The SMILES string of the molecule is Fc1cccc(CCCCc2cc[c]cc2)c1. The van der Waals surface area contributed by atoms with E-state index in [0.717, 1.165) is 31.2 Å². The Labute approximate surface area is 102 Å². The highest BCUT2D eigenvalue weighted by atomic mass is 19.1. The van der Waals surface area contributed by atoms with Crippen molar-refractivity contribution >= 4 is 0 Å². The minimum absolute atomic E-state index is 0.138. The Bertz CT molecular complexity index is 448. The van der Waals surface area contributed by atoms with Gasteiger partial charge in [0, 0.05) is 0 Å². The molecule has 2 aromatic rings. The quantitative estimate of drug-likeness (QED) is 0.672. The summed E-state index contributed by atoms with van der Waals surface area (Å²) in [5, 5.41) is 0. The smallest absolute Gasteiger partial charge is 0.123 e. The fourth-order valence-corrected chi connectivity index (χ4v) is 1.94. The lowest BCUT2D eigenvalue weighted by Crippen LogP contribution is -1.89. The number of unbranched alkanes of at least 4 members (excludes halogenated alkanes) is 1. The van der Waals surface area contributed by atoms with Crippen LogP contribution in [-0.2, 0) is 12.8 Å². The molecule has 0 unspecified atom stereocenters. The molecule has 0 aliphatic rings. The molecule has 0 saturated carbocycles. The van der Waals surface area contributed by atoms with E-state index in [2.05, 4.69) is 18.2 Å². The van der Waals surface area contributed by atoms with Crippen LogP contribution >= 0.6 is 0 Å². The van der Waals surface area contributed by atoms with Crippen molar-refractivity contribution in [3.8, 4) is 0 Å². The molecule has 0 nitrogen and oxygen atoms in total. The van der Waals surface area contributed by atoms with Gasteiger partial charge in [-0.1, -0.05) is 36.4 Å². The molecule has 0 bridgehead atoms. The Morgan fingerprint density at radius 1 is 0.882 bits per heavy atom. The third-order valence-corrected chi connectivity index (χ3v) is 2.86. The maximum absolute atomic E-state index is 12.9. The van der Waals surface area contributed by atoms with Crippen LogP contribution < -0.4 is 0 Å². The van der Waals surface area contributed by atoms with Crippen molar-refractivity contribution in [2.24, 2.45) is 0 Å². The Hall–Kier alpha value is -1.63. The fourth-order valence-electron chi connectivity index (χ4n) is 1.94. The minimum Gasteiger partial charge on any atom is -0.207 e. The molecule has 0 aromatic heterocycles. The molecule has 1 radical (unpaired) electrons. The molecule has 0 amide bonds. The topological polar surface area (TPSA) is 0 Å². The van der Waals surface area contributed by atoms with Crippen LogP contribution in [0.5, 0.6) is 0 Å². The predicted molar refractivity (Wildman–Crippen MR) is 68.3 cm³/mol. The Kier molecular flexibility index (Phi) is 4.31. The van der Waals surface area contributed by atoms with Gasteiger partial charge in [0.2, 0.25) is 0 Å². The highest BCUT2D eigenvalue weighted by Crippen LogP contribution is 2.10. The fraction of sp³-hybridized carbons (Fsp3) is 0.250. The van der Waals surface area contributed by atoms with Gasteiger partial charge in [-0.15, -0.1) is 0 Å². The lowest BCUT2D eigenvalue weighted by Gasteiger charge is -2.02. The van der Waals surface area contributed by atoms with Crippen LogP contribution in [0.1, 0.15) is 24.0 Å². The van der Waals surface area contributed by atoms with Crippen LogP contribution in [0.3, 0.4) is 0 Å². The normalized spacial score (nSPS) is 10.4. The van der Waals surface area contributed by atoms with Crippen molar-refractivity contribution in [1.82, 2.24) is 0 Å². The maximum Gasteiger partial charge on any atom is 0.123 e. The second kappa shape index (κ2) is 6.19. The zero-order valence-electron chi connectivity index (χ0n) is 9.83. The van der Waals surface area contributed by atoms with E-state index in [9.17, 15) is 4.39 Å². The molecular weight excluding hydrogens is 211 g/mol. The molecule has 2 aromatic carbocycles. The van der Waals surface area contributed by atoms with Crippen LogP contribution in [0.15, 0.2) is 48.5 Å². The van der Waals surface area contributed by atoms with Gasteiger partial charge in [0.25, 0.3) is 0 Å². The maximum atomic E-state index is 12.9. The van der Waals surface area contributed by atoms with Gasteiger partial charge in [-0.2, -0.15) is 0 Å². The molecule has 0 aliphatic carbocycles. The van der Waals surface area contributed by atoms with Crippen LogP contribution in [0.25, 0.3) is 0 Å². The van der Waals surface area contributed by atoms with Crippen LogP contribution in [-0.4, -0.2) is 0 Å². The molecule has 17 heavy (non-hydrogen) atoms. The highest BCUT2D eigenvalue weighted by molar-refractivity contribution is 5.17. The number of aryl methyl sites for hydroxylation is 2. The minimum atomic E-state index is -0.138. The van der Waals surface area contributed by atoms with Gasteiger partial charge in [0.15, 0.2) is 0 Å². The molecule has 0 heterocycles. The van der Waals surface area contributed by atoms with Crippen molar-refractivity contribution in [3.05, 3.63) is 71.5 Å². The van der Waals surface area contributed by atoms with Gasteiger partial charge in [-0.05, 0) is 55.0 Å². The summed E-state index contributed by atoms with van der Waals surface area (Å²) in [7, 11) is 0. The molecular formula is C16H16F. The summed E-state index contributed by atoms with van der Waals surface area (Å²) in [5.74, 6) is -0.138. The number of rotatable bonds is 5. The zero-order chi connectivity index (χ0) is 11.9. The molecule has 0 fully saturated rings. The number of hydrogen-bond donors (Lipinski definition) is 0. The molecule has 0 saturated heterocycles. The molecule has 87 valence electrons. The summed E-state index contributed by atoms with van der Waals surface area (Å²) in [6.45, 7) is 0. The Balaban J connectivity index is 1.73. The highest BCUT2D eigenvalue weighted by Gasteiger charge is 1.96. The summed E-state index contributed by atoms with van der Waals surface area (Å²) in [5.41, 5.74) is 2.44. The predicted octanol–water partition coefficient (Wildman–Crippen LogP) is 4.19. The molecule has 2 rings (SSSR count). The van der Waals surface area contributed by atoms with Gasteiger partial charge in [-0.25, -0.2) is 4.39 Å². The average Bonchev–Trinajstić information content (AvgIpc) is 2.36. The van der Waals surface area contributed by atoms with Gasteiger partial charge in [-0.3, -0.25) is 0 Å². The van der Waals surface area contributed by atoms with Gasteiger partial charge in [0.05, 0.1) is 0 Å². The number of hydrogen-bond acceptors (Lipinski definition) is 0.